The third kappa shape index (κ3) is 2.92. The van der Waals surface area contributed by atoms with Gasteiger partial charge in [0.05, 0.1) is 11.4 Å². The van der Waals surface area contributed by atoms with Crippen LogP contribution in [0.5, 0.6) is 0 Å². The van der Waals surface area contributed by atoms with Crippen LogP contribution in [0.15, 0.2) is 59.9 Å². The van der Waals surface area contributed by atoms with Crippen molar-refractivity contribution in [3.8, 4) is 11.3 Å². The second-order valence-electron chi connectivity index (χ2n) is 5.46. The van der Waals surface area contributed by atoms with Crippen molar-refractivity contribution in [3.63, 3.8) is 0 Å². The minimum atomic E-state index is -0.166. The molecule has 0 unspecified atom stereocenters. The molecule has 1 N–H and O–H groups in total. The van der Waals surface area contributed by atoms with Gasteiger partial charge >= 0.3 is 0 Å². The number of hydrogen-bond donors (Lipinski definition) is 1. The molecule has 0 bridgehead atoms. The van der Waals surface area contributed by atoms with Crippen molar-refractivity contribution in [1.82, 2.24) is 9.55 Å². The van der Waals surface area contributed by atoms with Crippen LogP contribution in [0, 0.1) is 0 Å². The Morgan fingerprint density at radius 2 is 1.96 bits per heavy atom. The molecule has 0 atom stereocenters. The third-order valence-corrected chi connectivity index (χ3v) is 5.08. The van der Waals surface area contributed by atoms with Crippen molar-refractivity contribution in [1.29, 1.82) is 0 Å². The number of thioether (sulfide) groups is 1. The molecule has 24 heavy (non-hydrogen) atoms. The number of nitrogens with one attached hydrogen (secondary N) is 1. The van der Waals surface area contributed by atoms with Crippen LogP contribution in [0.25, 0.3) is 11.3 Å². The summed E-state index contributed by atoms with van der Waals surface area (Å²) in [6.45, 7) is 0.978. The molecule has 4 nitrogen and oxygen atoms in total. The molecular formula is C18H14ClN3OS. The molecule has 0 spiro atoms. The molecule has 0 radical (unpaired) electrons. The van der Waals surface area contributed by atoms with E-state index < -0.39 is 0 Å². The van der Waals surface area contributed by atoms with E-state index >= 15 is 0 Å². The van der Waals surface area contributed by atoms with Crippen molar-refractivity contribution < 1.29 is 4.79 Å². The van der Waals surface area contributed by atoms with Gasteiger partial charge in [0.25, 0.3) is 5.91 Å². The number of carbonyl (C=O) groups is 1. The summed E-state index contributed by atoms with van der Waals surface area (Å²) >= 11 is 7.63. The van der Waals surface area contributed by atoms with Gasteiger partial charge in [-0.05, 0) is 30.3 Å². The number of hydrogen-bond acceptors (Lipinski definition) is 3. The highest BCUT2D eigenvalue weighted by molar-refractivity contribution is 7.99. The monoisotopic (exact) mass is 355 g/mol. The van der Waals surface area contributed by atoms with Gasteiger partial charge in [-0.3, -0.25) is 4.79 Å². The summed E-state index contributed by atoms with van der Waals surface area (Å²) in [6, 6.07) is 14.6. The van der Waals surface area contributed by atoms with E-state index in [0.29, 0.717) is 10.6 Å². The Labute approximate surface area is 148 Å². The summed E-state index contributed by atoms with van der Waals surface area (Å²) in [7, 11) is 0. The van der Waals surface area contributed by atoms with E-state index in [9.17, 15) is 4.79 Å². The molecule has 1 aromatic heterocycles. The Bertz CT molecular complexity index is 883. The molecule has 4 rings (SSSR count). The van der Waals surface area contributed by atoms with Crippen LogP contribution < -0.4 is 5.32 Å². The highest BCUT2D eigenvalue weighted by Gasteiger charge is 2.17. The van der Waals surface area contributed by atoms with Crippen LogP contribution in [-0.4, -0.2) is 21.2 Å². The Hall–Kier alpha value is -2.24. The van der Waals surface area contributed by atoms with E-state index in [0.717, 1.165) is 34.4 Å². The predicted molar refractivity (Wildman–Crippen MR) is 97.8 cm³/mol. The predicted octanol–water partition coefficient (Wildman–Crippen LogP) is 4.56. The first-order valence-electron chi connectivity index (χ1n) is 7.57. The zero-order valence-electron chi connectivity index (χ0n) is 12.7. The van der Waals surface area contributed by atoms with Crippen LogP contribution in [0.1, 0.15) is 10.4 Å². The number of benzene rings is 2. The highest BCUT2D eigenvalue weighted by atomic mass is 35.5. The quantitative estimate of drug-likeness (QED) is 0.749. The standard InChI is InChI=1S/C18H14ClN3OS/c19-13-7-5-12(6-8-13)17(23)20-15-4-2-1-3-14(15)16-11-22-9-10-24-18(22)21-16/h1-8,11H,9-10H2,(H,20,23). The van der Waals surface area contributed by atoms with E-state index in [1.54, 1.807) is 36.0 Å². The van der Waals surface area contributed by atoms with Crippen molar-refractivity contribution in [2.24, 2.45) is 0 Å². The lowest BCUT2D eigenvalue weighted by Gasteiger charge is -2.10. The van der Waals surface area contributed by atoms with Gasteiger partial charge in [-0.15, -0.1) is 0 Å². The van der Waals surface area contributed by atoms with Gasteiger partial charge in [-0.1, -0.05) is 41.6 Å². The molecule has 2 heterocycles. The van der Waals surface area contributed by atoms with Gasteiger partial charge in [0, 0.05) is 34.6 Å². The van der Waals surface area contributed by atoms with Crippen LogP contribution in [0.2, 0.25) is 5.02 Å². The van der Waals surface area contributed by atoms with Crippen LogP contribution in [-0.2, 0) is 6.54 Å². The average molecular weight is 356 g/mol. The van der Waals surface area contributed by atoms with Crippen LogP contribution in [0.3, 0.4) is 0 Å². The summed E-state index contributed by atoms with van der Waals surface area (Å²) in [5, 5.41) is 4.61. The molecule has 0 saturated heterocycles. The second kappa shape index (κ2) is 6.34. The Kier molecular flexibility index (Phi) is 4.04. The maximum absolute atomic E-state index is 12.5. The molecule has 120 valence electrons. The molecule has 2 aromatic carbocycles. The average Bonchev–Trinajstić information content (AvgIpc) is 3.17. The molecule has 3 aromatic rings. The number of anilines is 1. The SMILES string of the molecule is O=C(Nc1ccccc1-c1cn2c(n1)SCC2)c1ccc(Cl)cc1. The van der Waals surface area contributed by atoms with E-state index in [2.05, 4.69) is 14.9 Å². The van der Waals surface area contributed by atoms with Crippen molar-refractivity contribution in [2.75, 3.05) is 11.1 Å². The molecular weight excluding hydrogens is 342 g/mol. The first kappa shape index (κ1) is 15.3. The lowest BCUT2D eigenvalue weighted by molar-refractivity contribution is 0.102. The lowest BCUT2D eigenvalue weighted by atomic mass is 10.1. The van der Waals surface area contributed by atoms with Crippen molar-refractivity contribution in [2.45, 2.75) is 11.7 Å². The number of amides is 1. The van der Waals surface area contributed by atoms with Gasteiger partial charge in [0.2, 0.25) is 0 Å². The number of carbonyl (C=O) groups excluding carboxylic acids is 1. The second-order valence-corrected chi connectivity index (χ2v) is 6.96. The summed E-state index contributed by atoms with van der Waals surface area (Å²) in [5.41, 5.74) is 3.11. The first-order valence-corrected chi connectivity index (χ1v) is 8.93. The van der Waals surface area contributed by atoms with E-state index in [1.165, 1.54) is 0 Å². The number of para-hydroxylation sites is 1. The zero-order chi connectivity index (χ0) is 16.5. The Balaban J connectivity index is 1.64. The smallest absolute Gasteiger partial charge is 0.255 e. The molecule has 1 amide bonds. The Morgan fingerprint density at radius 1 is 1.17 bits per heavy atom. The molecule has 6 heteroatoms. The fraction of sp³-hybridized carbons (Fsp3) is 0.111. The molecule has 1 aliphatic rings. The van der Waals surface area contributed by atoms with Gasteiger partial charge in [0.1, 0.15) is 0 Å². The van der Waals surface area contributed by atoms with Crippen molar-refractivity contribution in [3.05, 3.63) is 65.3 Å². The summed E-state index contributed by atoms with van der Waals surface area (Å²) in [4.78, 5) is 17.1. The lowest BCUT2D eigenvalue weighted by Crippen LogP contribution is -2.12. The minimum absolute atomic E-state index is 0.166. The topological polar surface area (TPSA) is 46.9 Å². The van der Waals surface area contributed by atoms with Crippen LogP contribution in [0.4, 0.5) is 5.69 Å². The minimum Gasteiger partial charge on any atom is -0.325 e. The number of imidazole rings is 1. The van der Waals surface area contributed by atoms with Gasteiger partial charge in [0.15, 0.2) is 5.16 Å². The van der Waals surface area contributed by atoms with E-state index in [1.807, 2.05) is 30.5 Å². The van der Waals surface area contributed by atoms with Gasteiger partial charge < -0.3 is 9.88 Å². The maximum Gasteiger partial charge on any atom is 0.255 e. The Morgan fingerprint density at radius 3 is 2.75 bits per heavy atom. The summed E-state index contributed by atoms with van der Waals surface area (Å²) < 4.78 is 2.15. The fourth-order valence-electron chi connectivity index (χ4n) is 2.65. The number of halogens is 1. The van der Waals surface area contributed by atoms with Gasteiger partial charge in [-0.2, -0.15) is 0 Å². The van der Waals surface area contributed by atoms with Crippen LogP contribution >= 0.6 is 23.4 Å². The highest BCUT2D eigenvalue weighted by Crippen LogP contribution is 2.32. The largest absolute Gasteiger partial charge is 0.325 e. The van der Waals surface area contributed by atoms with E-state index in [4.69, 9.17) is 11.6 Å². The maximum atomic E-state index is 12.5. The van der Waals surface area contributed by atoms with E-state index in [-0.39, 0.29) is 5.91 Å². The normalized spacial score (nSPS) is 12.9. The number of fused-ring (bicyclic) bond motifs is 1. The van der Waals surface area contributed by atoms with Gasteiger partial charge in [-0.25, -0.2) is 4.98 Å². The number of aromatic nitrogens is 2. The number of aryl methyl sites for hydroxylation is 1. The fourth-order valence-corrected chi connectivity index (χ4v) is 3.72. The summed E-state index contributed by atoms with van der Waals surface area (Å²) in [6.07, 6.45) is 2.04. The van der Waals surface area contributed by atoms with Crippen molar-refractivity contribution >= 4 is 35.0 Å². The summed E-state index contributed by atoms with van der Waals surface area (Å²) in [5.74, 6) is 0.901. The molecule has 0 fully saturated rings. The zero-order valence-corrected chi connectivity index (χ0v) is 14.3. The number of rotatable bonds is 3. The number of nitrogens with zero attached hydrogens (tertiary/aromatic N) is 2. The first-order chi connectivity index (χ1) is 11.7. The molecule has 0 saturated carbocycles. The molecule has 1 aliphatic heterocycles. The third-order valence-electron chi connectivity index (χ3n) is 3.86. The molecule has 0 aliphatic carbocycles.